The summed E-state index contributed by atoms with van der Waals surface area (Å²) < 4.78 is 31.5. The Morgan fingerprint density at radius 2 is 2.00 bits per heavy atom. The van der Waals surface area contributed by atoms with E-state index in [1.807, 2.05) is 0 Å². The van der Waals surface area contributed by atoms with Crippen LogP contribution >= 0.6 is 15.9 Å². The number of hydrogen-bond acceptors (Lipinski definition) is 2. The third kappa shape index (κ3) is 3.00. The molecule has 0 atom stereocenters. The van der Waals surface area contributed by atoms with E-state index >= 15 is 0 Å². The molecule has 0 amide bonds. The monoisotopic (exact) mass is 299 g/mol. The zero-order valence-electron chi connectivity index (χ0n) is 8.66. The van der Waals surface area contributed by atoms with Crippen LogP contribution in [0.1, 0.15) is 5.56 Å². The molecule has 17 heavy (non-hydrogen) atoms. The van der Waals surface area contributed by atoms with Crippen LogP contribution in [0.5, 0.6) is 5.75 Å². The molecular formula is C12H8BrF2NO. The minimum absolute atomic E-state index is 0.186. The summed E-state index contributed by atoms with van der Waals surface area (Å²) in [5, 5.41) is 0. The van der Waals surface area contributed by atoms with E-state index in [-0.39, 0.29) is 12.4 Å². The predicted molar refractivity (Wildman–Crippen MR) is 62.6 cm³/mol. The largest absolute Gasteiger partial charge is 0.487 e. The van der Waals surface area contributed by atoms with Gasteiger partial charge in [0.2, 0.25) is 5.95 Å². The van der Waals surface area contributed by atoms with E-state index < -0.39 is 5.95 Å². The molecule has 1 heterocycles. The highest BCUT2D eigenvalue weighted by molar-refractivity contribution is 9.10. The first-order valence-electron chi connectivity index (χ1n) is 4.84. The zero-order valence-corrected chi connectivity index (χ0v) is 10.2. The Morgan fingerprint density at radius 1 is 1.18 bits per heavy atom. The van der Waals surface area contributed by atoms with Crippen LogP contribution in [0.4, 0.5) is 8.78 Å². The van der Waals surface area contributed by atoms with Crippen LogP contribution < -0.4 is 4.74 Å². The van der Waals surface area contributed by atoms with Crippen molar-refractivity contribution in [1.82, 2.24) is 4.98 Å². The predicted octanol–water partition coefficient (Wildman–Crippen LogP) is 3.70. The van der Waals surface area contributed by atoms with Gasteiger partial charge in [0.15, 0.2) is 0 Å². The Labute approximate surface area is 105 Å². The lowest BCUT2D eigenvalue weighted by atomic mass is 10.2. The molecule has 0 radical (unpaired) electrons. The summed E-state index contributed by atoms with van der Waals surface area (Å²) in [5.74, 6) is -0.477. The molecule has 0 N–H and O–H groups in total. The molecule has 0 unspecified atom stereocenters. The number of benzene rings is 1. The Kier molecular flexibility index (Phi) is 3.68. The first-order chi connectivity index (χ1) is 8.16. The highest BCUT2D eigenvalue weighted by Crippen LogP contribution is 2.22. The van der Waals surface area contributed by atoms with Crippen molar-refractivity contribution in [1.29, 1.82) is 0 Å². The minimum Gasteiger partial charge on any atom is -0.487 e. The van der Waals surface area contributed by atoms with Crippen LogP contribution in [-0.4, -0.2) is 4.98 Å². The normalized spacial score (nSPS) is 10.3. The van der Waals surface area contributed by atoms with Gasteiger partial charge in [0.1, 0.15) is 18.2 Å². The lowest BCUT2D eigenvalue weighted by Gasteiger charge is -2.07. The number of rotatable bonds is 3. The Morgan fingerprint density at radius 3 is 2.71 bits per heavy atom. The Hall–Kier alpha value is -1.49. The fourth-order valence-electron chi connectivity index (χ4n) is 1.27. The summed E-state index contributed by atoms with van der Waals surface area (Å²) in [4.78, 5) is 3.45. The molecule has 88 valence electrons. The van der Waals surface area contributed by atoms with Gasteiger partial charge >= 0.3 is 0 Å². The molecule has 0 aliphatic heterocycles. The van der Waals surface area contributed by atoms with Gasteiger partial charge < -0.3 is 4.74 Å². The Balaban J connectivity index is 2.07. The second-order valence-electron chi connectivity index (χ2n) is 3.32. The van der Waals surface area contributed by atoms with E-state index in [9.17, 15) is 8.78 Å². The summed E-state index contributed by atoms with van der Waals surface area (Å²) in [6, 6.07) is 7.37. The van der Waals surface area contributed by atoms with E-state index in [1.165, 1.54) is 24.4 Å². The lowest BCUT2D eigenvalue weighted by molar-refractivity contribution is 0.302. The smallest absolute Gasteiger partial charge is 0.213 e. The van der Waals surface area contributed by atoms with Gasteiger partial charge in [-0.15, -0.1) is 0 Å². The van der Waals surface area contributed by atoms with Gasteiger partial charge in [0.05, 0.1) is 10.7 Å². The van der Waals surface area contributed by atoms with E-state index in [0.717, 1.165) is 0 Å². The van der Waals surface area contributed by atoms with Crippen LogP contribution in [0.15, 0.2) is 41.0 Å². The van der Waals surface area contributed by atoms with Crippen molar-refractivity contribution in [2.75, 3.05) is 0 Å². The number of pyridine rings is 1. The average molecular weight is 300 g/mol. The van der Waals surface area contributed by atoms with Crippen molar-refractivity contribution >= 4 is 15.9 Å². The average Bonchev–Trinajstić information content (AvgIpc) is 2.33. The van der Waals surface area contributed by atoms with Crippen molar-refractivity contribution in [3.63, 3.8) is 0 Å². The van der Waals surface area contributed by atoms with Crippen molar-refractivity contribution in [3.8, 4) is 5.75 Å². The van der Waals surface area contributed by atoms with E-state index in [0.29, 0.717) is 15.8 Å². The first kappa shape index (κ1) is 12.0. The van der Waals surface area contributed by atoms with Crippen molar-refractivity contribution in [2.24, 2.45) is 0 Å². The quantitative estimate of drug-likeness (QED) is 0.806. The molecule has 0 bridgehead atoms. The standard InChI is InChI=1S/C12H8BrF2NO/c13-12-8(2-1-3-10(12)14)7-17-9-4-5-11(15)16-6-9/h1-6H,7H2. The molecule has 0 saturated heterocycles. The van der Waals surface area contributed by atoms with Crippen LogP contribution in [0.3, 0.4) is 0 Å². The van der Waals surface area contributed by atoms with Crippen LogP contribution in [0.2, 0.25) is 0 Å². The second-order valence-corrected chi connectivity index (χ2v) is 4.11. The van der Waals surface area contributed by atoms with E-state index in [2.05, 4.69) is 20.9 Å². The maximum absolute atomic E-state index is 13.2. The molecule has 2 rings (SSSR count). The molecule has 0 aliphatic rings. The number of halogens is 3. The fraction of sp³-hybridized carbons (Fsp3) is 0.0833. The summed E-state index contributed by atoms with van der Waals surface area (Å²) in [6.07, 6.45) is 1.28. The van der Waals surface area contributed by atoms with E-state index in [4.69, 9.17) is 4.74 Å². The van der Waals surface area contributed by atoms with Gasteiger partial charge in [-0.1, -0.05) is 12.1 Å². The first-order valence-corrected chi connectivity index (χ1v) is 5.63. The molecule has 5 heteroatoms. The lowest BCUT2D eigenvalue weighted by Crippen LogP contribution is -1.98. The van der Waals surface area contributed by atoms with Crippen molar-refractivity contribution < 1.29 is 13.5 Å². The molecule has 0 spiro atoms. The van der Waals surface area contributed by atoms with Crippen LogP contribution in [-0.2, 0) is 6.61 Å². The molecule has 0 saturated carbocycles. The molecule has 0 fully saturated rings. The molecule has 2 nitrogen and oxygen atoms in total. The van der Waals surface area contributed by atoms with Gasteiger partial charge in [-0.2, -0.15) is 4.39 Å². The van der Waals surface area contributed by atoms with Crippen LogP contribution in [0, 0.1) is 11.8 Å². The number of aromatic nitrogens is 1. The molecular weight excluding hydrogens is 292 g/mol. The molecule has 1 aromatic heterocycles. The maximum atomic E-state index is 13.2. The highest BCUT2D eigenvalue weighted by Gasteiger charge is 2.05. The second kappa shape index (κ2) is 5.23. The number of hydrogen-bond donors (Lipinski definition) is 0. The third-order valence-electron chi connectivity index (χ3n) is 2.13. The SMILES string of the molecule is Fc1ccc(OCc2cccc(F)c2Br)cn1. The summed E-state index contributed by atoms with van der Waals surface area (Å²) in [6.45, 7) is 0.186. The van der Waals surface area contributed by atoms with E-state index in [1.54, 1.807) is 12.1 Å². The van der Waals surface area contributed by atoms with Gasteiger partial charge in [0.25, 0.3) is 0 Å². The topological polar surface area (TPSA) is 22.1 Å². The molecule has 0 aliphatic carbocycles. The highest BCUT2D eigenvalue weighted by atomic mass is 79.9. The maximum Gasteiger partial charge on any atom is 0.213 e. The van der Waals surface area contributed by atoms with Crippen molar-refractivity contribution in [3.05, 3.63) is 58.3 Å². The van der Waals surface area contributed by atoms with Crippen molar-refractivity contribution in [2.45, 2.75) is 6.61 Å². The summed E-state index contributed by atoms with van der Waals surface area (Å²) >= 11 is 3.13. The fourth-order valence-corrected chi connectivity index (χ4v) is 1.65. The van der Waals surface area contributed by atoms with Crippen LogP contribution in [0.25, 0.3) is 0 Å². The van der Waals surface area contributed by atoms with Gasteiger partial charge in [-0.25, -0.2) is 9.37 Å². The number of nitrogens with zero attached hydrogens (tertiary/aromatic N) is 1. The van der Waals surface area contributed by atoms with Gasteiger partial charge in [-0.05, 0) is 34.1 Å². The minimum atomic E-state index is -0.565. The molecule has 2 aromatic rings. The number of ether oxygens (including phenoxy) is 1. The summed E-state index contributed by atoms with van der Waals surface area (Å²) in [5.41, 5.74) is 0.675. The molecule has 1 aromatic carbocycles. The van der Waals surface area contributed by atoms with Gasteiger partial charge in [0, 0.05) is 5.56 Å². The Bertz CT molecular complexity index is 516. The summed E-state index contributed by atoms with van der Waals surface area (Å²) in [7, 11) is 0. The van der Waals surface area contributed by atoms with Gasteiger partial charge in [-0.3, -0.25) is 0 Å². The zero-order chi connectivity index (χ0) is 12.3. The third-order valence-corrected chi connectivity index (χ3v) is 3.01.